The maximum atomic E-state index is 5.85. The second-order valence-electron chi connectivity index (χ2n) is 6.96. The smallest absolute Gasteiger partial charge is 0.160 e. The molecule has 0 saturated carbocycles. The van der Waals surface area contributed by atoms with Crippen molar-refractivity contribution in [3.8, 4) is 11.3 Å². The molecule has 0 fully saturated rings. The van der Waals surface area contributed by atoms with E-state index in [4.69, 9.17) is 9.84 Å². The van der Waals surface area contributed by atoms with Gasteiger partial charge in [-0.25, -0.2) is 9.67 Å². The second kappa shape index (κ2) is 7.12. The normalized spacial score (nSPS) is 12.0. The van der Waals surface area contributed by atoms with Gasteiger partial charge in [0.2, 0.25) is 0 Å². The van der Waals surface area contributed by atoms with Crippen LogP contribution in [0.5, 0.6) is 0 Å². The summed E-state index contributed by atoms with van der Waals surface area (Å²) in [5.41, 5.74) is 2.75. The molecule has 0 radical (unpaired) electrons. The zero-order valence-corrected chi connectivity index (χ0v) is 16.7. The van der Waals surface area contributed by atoms with E-state index in [9.17, 15) is 0 Å². The summed E-state index contributed by atoms with van der Waals surface area (Å²) in [6.45, 7) is 8.22. The Hall–Kier alpha value is -1.57. The number of fused-ring (bicyclic) bond motifs is 1. The Kier molecular flexibility index (Phi) is 5.12. The fraction of sp³-hybridized carbons (Fsp3) is 0.353. The summed E-state index contributed by atoms with van der Waals surface area (Å²) < 4.78 is 8.62. The maximum absolute atomic E-state index is 5.85. The van der Waals surface area contributed by atoms with Crippen LogP contribution < -0.4 is 0 Å². The zero-order valence-electron chi connectivity index (χ0n) is 14.2. The van der Waals surface area contributed by atoms with Gasteiger partial charge in [0.1, 0.15) is 12.4 Å². The van der Waals surface area contributed by atoms with Gasteiger partial charge in [0.25, 0.3) is 0 Å². The minimum atomic E-state index is -1.09. The third kappa shape index (κ3) is 4.09. The molecule has 0 atom stereocenters. The Labute approximate surface area is 151 Å². The molecule has 3 rings (SSSR count). The minimum absolute atomic E-state index is 0.417. The van der Waals surface area contributed by atoms with E-state index in [1.54, 1.807) is 18.6 Å². The average Bonchev–Trinajstić information content (AvgIpc) is 2.89. The molecular formula is C17H21BrN4OSi. The first-order chi connectivity index (χ1) is 11.4. The van der Waals surface area contributed by atoms with E-state index in [1.165, 1.54) is 0 Å². The molecule has 3 heterocycles. The lowest BCUT2D eigenvalue weighted by Gasteiger charge is -2.15. The van der Waals surface area contributed by atoms with Gasteiger partial charge in [0, 0.05) is 48.7 Å². The van der Waals surface area contributed by atoms with Gasteiger partial charge in [-0.15, -0.1) is 0 Å². The molecule has 0 N–H and O–H groups in total. The fourth-order valence-corrected chi connectivity index (χ4v) is 3.46. The lowest BCUT2D eigenvalue weighted by atomic mass is 10.1. The van der Waals surface area contributed by atoms with Crippen molar-refractivity contribution in [3.63, 3.8) is 0 Å². The Morgan fingerprint density at radius 1 is 1.21 bits per heavy atom. The van der Waals surface area contributed by atoms with Crippen molar-refractivity contribution in [2.45, 2.75) is 32.4 Å². The molecule has 126 valence electrons. The largest absolute Gasteiger partial charge is 0.359 e. The Bertz CT molecular complexity index is 830. The van der Waals surface area contributed by atoms with E-state index in [0.29, 0.717) is 6.73 Å². The van der Waals surface area contributed by atoms with Gasteiger partial charge in [0.05, 0.1) is 0 Å². The second-order valence-corrected chi connectivity index (χ2v) is 13.5. The Balaban J connectivity index is 1.89. The van der Waals surface area contributed by atoms with E-state index >= 15 is 0 Å². The lowest BCUT2D eigenvalue weighted by molar-refractivity contribution is 0.0814. The van der Waals surface area contributed by atoms with Crippen LogP contribution in [0.25, 0.3) is 22.3 Å². The zero-order chi connectivity index (χ0) is 17.2. The maximum Gasteiger partial charge on any atom is 0.160 e. The minimum Gasteiger partial charge on any atom is -0.359 e. The van der Waals surface area contributed by atoms with Crippen LogP contribution in [-0.2, 0) is 11.5 Å². The van der Waals surface area contributed by atoms with Crippen LogP contribution >= 0.6 is 15.9 Å². The summed E-state index contributed by atoms with van der Waals surface area (Å²) in [5, 5.41) is 5.73. The molecule has 24 heavy (non-hydrogen) atoms. The van der Waals surface area contributed by atoms with Crippen LogP contribution in [0.3, 0.4) is 0 Å². The molecule has 0 amide bonds. The van der Waals surface area contributed by atoms with Crippen molar-refractivity contribution in [3.05, 3.63) is 41.3 Å². The van der Waals surface area contributed by atoms with E-state index in [0.717, 1.165) is 39.4 Å². The third-order valence-electron chi connectivity index (χ3n) is 3.72. The molecule has 7 heteroatoms. The van der Waals surface area contributed by atoms with E-state index in [2.05, 4.69) is 45.5 Å². The highest BCUT2D eigenvalue weighted by molar-refractivity contribution is 9.10. The molecule has 0 unspecified atom stereocenters. The Morgan fingerprint density at radius 2 is 1.96 bits per heavy atom. The predicted molar refractivity (Wildman–Crippen MR) is 103 cm³/mol. The molecule has 0 aromatic carbocycles. The lowest BCUT2D eigenvalue weighted by Crippen LogP contribution is -2.22. The SMILES string of the molecule is C[Si](C)(C)CCOCn1nc(-c2ccncc2)c2cc(Br)cnc21. The van der Waals surface area contributed by atoms with Crippen LogP contribution in [0.4, 0.5) is 0 Å². The van der Waals surface area contributed by atoms with E-state index < -0.39 is 8.07 Å². The number of aromatic nitrogens is 4. The number of halogens is 1. The monoisotopic (exact) mass is 404 g/mol. The quantitative estimate of drug-likeness (QED) is 0.445. The number of hydrogen-bond donors (Lipinski definition) is 0. The molecule has 0 saturated heterocycles. The van der Waals surface area contributed by atoms with Crippen molar-refractivity contribution in [2.75, 3.05) is 6.61 Å². The molecule has 0 spiro atoms. The summed E-state index contributed by atoms with van der Waals surface area (Å²) >= 11 is 3.50. The molecule has 0 aliphatic carbocycles. The summed E-state index contributed by atoms with van der Waals surface area (Å²) in [4.78, 5) is 8.60. The molecule has 0 aliphatic heterocycles. The summed E-state index contributed by atoms with van der Waals surface area (Å²) in [5.74, 6) is 0. The first-order valence-electron chi connectivity index (χ1n) is 7.94. The molecule has 3 aromatic rings. The molecule has 5 nitrogen and oxygen atoms in total. The topological polar surface area (TPSA) is 52.8 Å². The van der Waals surface area contributed by atoms with Crippen molar-refractivity contribution >= 4 is 35.0 Å². The predicted octanol–water partition coefficient (Wildman–Crippen LogP) is 4.57. The van der Waals surface area contributed by atoms with Crippen molar-refractivity contribution < 1.29 is 4.74 Å². The average molecular weight is 405 g/mol. The van der Waals surface area contributed by atoms with Crippen LogP contribution in [0.15, 0.2) is 41.3 Å². The highest BCUT2D eigenvalue weighted by Crippen LogP contribution is 2.28. The van der Waals surface area contributed by atoms with Crippen molar-refractivity contribution in [1.82, 2.24) is 19.7 Å². The summed E-state index contributed by atoms with van der Waals surface area (Å²) in [6.07, 6.45) is 5.34. The van der Waals surface area contributed by atoms with Gasteiger partial charge < -0.3 is 4.74 Å². The van der Waals surface area contributed by atoms with Gasteiger partial charge in [-0.1, -0.05) is 19.6 Å². The summed E-state index contributed by atoms with van der Waals surface area (Å²) in [7, 11) is -1.09. The van der Waals surface area contributed by atoms with Gasteiger partial charge in [-0.3, -0.25) is 4.98 Å². The third-order valence-corrected chi connectivity index (χ3v) is 5.86. The van der Waals surface area contributed by atoms with E-state index in [1.807, 2.05) is 22.9 Å². The molecule has 3 aromatic heterocycles. The number of nitrogens with zero attached hydrogens (tertiary/aromatic N) is 4. The van der Waals surface area contributed by atoms with Crippen LogP contribution in [0.1, 0.15) is 0 Å². The number of hydrogen-bond acceptors (Lipinski definition) is 4. The first-order valence-corrected chi connectivity index (χ1v) is 12.4. The summed E-state index contributed by atoms with van der Waals surface area (Å²) in [6, 6.07) is 7.10. The standard InChI is InChI=1S/C17H21BrN4OSi/c1-24(2,3)9-8-23-12-22-17-15(10-14(18)11-20-17)16(21-22)13-4-6-19-7-5-13/h4-7,10-11H,8-9,12H2,1-3H3. The fourth-order valence-electron chi connectivity index (χ4n) is 2.38. The van der Waals surface area contributed by atoms with Gasteiger partial charge >= 0.3 is 0 Å². The first kappa shape index (κ1) is 17.3. The highest BCUT2D eigenvalue weighted by Gasteiger charge is 2.15. The number of rotatable bonds is 6. The highest BCUT2D eigenvalue weighted by atomic mass is 79.9. The van der Waals surface area contributed by atoms with Crippen molar-refractivity contribution in [2.24, 2.45) is 0 Å². The van der Waals surface area contributed by atoms with Crippen LogP contribution in [0.2, 0.25) is 25.7 Å². The van der Waals surface area contributed by atoms with Gasteiger partial charge in [-0.2, -0.15) is 5.10 Å². The Morgan fingerprint density at radius 3 is 2.67 bits per heavy atom. The van der Waals surface area contributed by atoms with Crippen LogP contribution in [0, 0.1) is 0 Å². The van der Waals surface area contributed by atoms with Crippen molar-refractivity contribution in [1.29, 1.82) is 0 Å². The van der Waals surface area contributed by atoms with Gasteiger partial charge in [-0.05, 0) is 40.2 Å². The molecule has 0 bridgehead atoms. The molecular weight excluding hydrogens is 384 g/mol. The van der Waals surface area contributed by atoms with Crippen LogP contribution in [-0.4, -0.2) is 34.4 Å². The van der Waals surface area contributed by atoms with E-state index in [-0.39, 0.29) is 0 Å². The number of pyridine rings is 2. The number of ether oxygens (including phenoxy) is 1. The van der Waals surface area contributed by atoms with Gasteiger partial charge in [0.15, 0.2) is 5.65 Å². The molecule has 0 aliphatic rings.